The van der Waals surface area contributed by atoms with E-state index in [1.54, 1.807) is 0 Å². The third-order valence-corrected chi connectivity index (χ3v) is 1.65. The number of carbonyl (C=O) groups is 2. The van der Waals surface area contributed by atoms with Crippen molar-refractivity contribution < 1.29 is 18.7 Å². The van der Waals surface area contributed by atoms with Crippen LogP contribution in [0.5, 0.6) is 0 Å². The number of aromatic nitrogens is 1. The number of rotatable bonds is 2. The Hall–Kier alpha value is -1.78. The van der Waals surface area contributed by atoms with Crippen LogP contribution in [0.1, 0.15) is 27.8 Å². The molecule has 0 aliphatic heterocycles. The van der Waals surface area contributed by atoms with Gasteiger partial charge in [-0.05, 0) is 13.0 Å². The second-order valence-electron chi connectivity index (χ2n) is 2.57. The first-order valence-electron chi connectivity index (χ1n) is 3.81. The average molecular weight is 197 g/mol. The van der Waals surface area contributed by atoms with Crippen LogP contribution in [0.15, 0.2) is 12.3 Å². The molecule has 0 spiro atoms. The van der Waals surface area contributed by atoms with Crippen molar-refractivity contribution in [1.29, 1.82) is 0 Å². The summed E-state index contributed by atoms with van der Waals surface area (Å²) in [7, 11) is 1.11. The number of methoxy groups -OCH3 is 1. The Morgan fingerprint density at radius 2 is 2.14 bits per heavy atom. The van der Waals surface area contributed by atoms with Gasteiger partial charge in [0.2, 0.25) is 0 Å². The van der Waals surface area contributed by atoms with Gasteiger partial charge in [0.1, 0.15) is 0 Å². The lowest BCUT2D eigenvalue weighted by atomic mass is 10.1. The molecule has 1 heterocycles. The summed E-state index contributed by atoms with van der Waals surface area (Å²) in [5.41, 5.74) is -0.638. The van der Waals surface area contributed by atoms with Gasteiger partial charge < -0.3 is 4.74 Å². The lowest BCUT2D eigenvalue weighted by molar-refractivity contribution is 0.0588. The molecule has 1 aromatic rings. The van der Waals surface area contributed by atoms with Gasteiger partial charge in [-0.2, -0.15) is 0 Å². The first kappa shape index (κ1) is 10.3. The summed E-state index contributed by atoms with van der Waals surface area (Å²) in [4.78, 5) is 25.4. The quantitative estimate of drug-likeness (QED) is 0.528. The van der Waals surface area contributed by atoms with Crippen LogP contribution in [-0.2, 0) is 4.74 Å². The fourth-order valence-corrected chi connectivity index (χ4v) is 0.955. The molecule has 0 aliphatic carbocycles. The lowest BCUT2D eigenvalue weighted by Gasteiger charge is -2.02. The molecule has 0 saturated heterocycles. The van der Waals surface area contributed by atoms with Crippen LogP contribution < -0.4 is 0 Å². The first-order chi connectivity index (χ1) is 6.57. The molecule has 5 heteroatoms. The van der Waals surface area contributed by atoms with E-state index in [9.17, 15) is 14.0 Å². The number of ketones is 1. The monoisotopic (exact) mass is 197 g/mol. The Morgan fingerprint density at radius 3 is 2.64 bits per heavy atom. The number of hydrogen-bond donors (Lipinski definition) is 0. The van der Waals surface area contributed by atoms with Gasteiger partial charge >= 0.3 is 5.97 Å². The van der Waals surface area contributed by atoms with Gasteiger partial charge in [-0.1, -0.05) is 0 Å². The van der Waals surface area contributed by atoms with Crippen molar-refractivity contribution in [1.82, 2.24) is 4.98 Å². The van der Waals surface area contributed by atoms with Crippen molar-refractivity contribution >= 4 is 11.8 Å². The number of esters is 1. The summed E-state index contributed by atoms with van der Waals surface area (Å²) >= 11 is 0. The second-order valence-corrected chi connectivity index (χ2v) is 2.57. The van der Waals surface area contributed by atoms with Crippen LogP contribution in [0.2, 0.25) is 0 Å². The molecule has 14 heavy (non-hydrogen) atoms. The number of pyridine rings is 1. The van der Waals surface area contributed by atoms with Gasteiger partial charge in [0.25, 0.3) is 0 Å². The third-order valence-electron chi connectivity index (χ3n) is 1.65. The molecule has 1 aromatic heterocycles. The van der Waals surface area contributed by atoms with Gasteiger partial charge in [-0.15, -0.1) is 0 Å². The van der Waals surface area contributed by atoms with E-state index in [1.807, 2.05) is 0 Å². The highest BCUT2D eigenvalue weighted by atomic mass is 19.1. The molecule has 0 unspecified atom stereocenters. The van der Waals surface area contributed by atoms with E-state index in [2.05, 4.69) is 9.72 Å². The highest BCUT2D eigenvalue weighted by Gasteiger charge is 2.18. The van der Waals surface area contributed by atoms with Gasteiger partial charge in [0, 0.05) is 6.20 Å². The molecule has 0 aliphatic rings. The normalized spacial score (nSPS) is 9.64. The zero-order chi connectivity index (χ0) is 10.7. The van der Waals surface area contributed by atoms with E-state index in [0.717, 1.165) is 7.11 Å². The molecular formula is C9H8FNO3. The minimum absolute atomic E-state index is 0.166. The van der Waals surface area contributed by atoms with Crippen LogP contribution in [-0.4, -0.2) is 23.8 Å². The number of ether oxygens (including phenoxy) is 1. The van der Waals surface area contributed by atoms with Gasteiger partial charge in [0.15, 0.2) is 17.3 Å². The maximum Gasteiger partial charge on any atom is 0.359 e. The highest BCUT2D eigenvalue weighted by Crippen LogP contribution is 2.11. The van der Waals surface area contributed by atoms with E-state index in [0.29, 0.717) is 0 Å². The van der Waals surface area contributed by atoms with Crippen LogP contribution >= 0.6 is 0 Å². The molecule has 4 nitrogen and oxygen atoms in total. The highest BCUT2D eigenvalue weighted by molar-refractivity contribution is 5.97. The molecule has 0 bridgehead atoms. The van der Waals surface area contributed by atoms with Crippen molar-refractivity contribution in [2.75, 3.05) is 7.11 Å². The molecule has 1 rings (SSSR count). The van der Waals surface area contributed by atoms with Gasteiger partial charge in [-0.25, -0.2) is 14.2 Å². The van der Waals surface area contributed by atoms with Crippen LogP contribution in [0.4, 0.5) is 4.39 Å². The number of halogens is 1. The van der Waals surface area contributed by atoms with Crippen molar-refractivity contribution in [3.8, 4) is 0 Å². The molecule has 0 atom stereocenters. The van der Waals surface area contributed by atoms with Crippen LogP contribution in [0.25, 0.3) is 0 Å². The van der Waals surface area contributed by atoms with E-state index >= 15 is 0 Å². The molecule has 0 amide bonds. The number of hydrogen-bond acceptors (Lipinski definition) is 4. The summed E-state index contributed by atoms with van der Waals surface area (Å²) in [6.45, 7) is 1.21. The zero-order valence-electron chi connectivity index (χ0n) is 7.70. The summed E-state index contributed by atoms with van der Waals surface area (Å²) in [6, 6.07) is 1.21. The standard InChI is InChI=1S/C9H8FNO3/c1-5(12)6-3-4-11-8(7(6)10)9(13)14-2/h3-4H,1-2H3. The van der Waals surface area contributed by atoms with Crippen molar-refractivity contribution in [2.24, 2.45) is 0 Å². The molecular weight excluding hydrogens is 189 g/mol. The second kappa shape index (κ2) is 3.95. The number of Topliss-reactive ketones (excluding diaryl/α,β-unsaturated/α-hetero) is 1. The van der Waals surface area contributed by atoms with E-state index in [1.165, 1.54) is 19.2 Å². The van der Waals surface area contributed by atoms with Gasteiger partial charge in [0.05, 0.1) is 12.7 Å². The predicted molar refractivity (Wildman–Crippen MR) is 45.5 cm³/mol. The van der Waals surface area contributed by atoms with Crippen LogP contribution in [0.3, 0.4) is 0 Å². The van der Waals surface area contributed by atoms with Gasteiger partial charge in [-0.3, -0.25) is 4.79 Å². The van der Waals surface area contributed by atoms with Crippen molar-refractivity contribution in [3.63, 3.8) is 0 Å². The minimum Gasteiger partial charge on any atom is -0.464 e. The van der Waals surface area contributed by atoms with Crippen molar-refractivity contribution in [2.45, 2.75) is 6.92 Å². The van der Waals surface area contributed by atoms with E-state index in [-0.39, 0.29) is 5.56 Å². The van der Waals surface area contributed by atoms with Crippen molar-refractivity contribution in [3.05, 3.63) is 29.3 Å². The topological polar surface area (TPSA) is 56.3 Å². The molecule has 0 saturated carbocycles. The van der Waals surface area contributed by atoms with E-state index in [4.69, 9.17) is 0 Å². The predicted octanol–water partition coefficient (Wildman–Crippen LogP) is 1.21. The maximum absolute atomic E-state index is 13.4. The Labute approximate surface area is 79.7 Å². The Morgan fingerprint density at radius 1 is 1.50 bits per heavy atom. The SMILES string of the molecule is COC(=O)c1nccc(C(C)=O)c1F. The Bertz CT molecular complexity index is 390. The van der Waals surface area contributed by atoms with Crippen LogP contribution in [0, 0.1) is 5.82 Å². The number of nitrogens with zero attached hydrogens (tertiary/aromatic N) is 1. The third kappa shape index (κ3) is 1.76. The van der Waals surface area contributed by atoms with E-state index < -0.39 is 23.3 Å². The summed E-state index contributed by atoms with van der Waals surface area (Å²) in [6.07, 6.45) is 1.19. The average Bonchev–Trinajstić information content (AvgIpc) is 2.16. The first-order valence-corrected chi connectivity index (χ1v) is 3.81. The molecule has 74 valence electrons. The minimum atomic E-state index is -0.938. The molecule has 0 fully saturated rings. The Kier molecular flexibility index (Phi) is 2.91. The molecule has 0 radical (unpaired) electrons. The maximum atomic E-state index is 13.4. The molecule has 0 aromatic carbocycles. The Balaban J connectivity index is 3.27. The largest absolute Gasteiger partial charge is 0.464 e. The molecule has 0 N–H and O–H groups in total. The fraction of sp³-hybridized carbons (Fsp3) is 0.222. The summed E-state index contributed by atoms with van der Waals surface area (Å²) in [5, 5.41) is 0. The summed E-state index contributed by atoms with van der Waals surface area (Å²) in [5.74, 6) is -2.30. The summed E-state index contributed by atoms with van der Waals surface area (Å²) < 4.78 is 17.7. The fourth-order valence-electron chi connectivity index (χ4n) is 0.955. The smallest absolute Gasteiger partial charge is 0.359 e. The zero-order valence-corrected chi connectivity index (χ0v) is 7.70. The number of carbonyl (C=O) groups excluding carboxylic acids is 2. The lowest BCUT2D eigenvalue weighted by Crippen LogP contribution is -2.10.